The van der Waals surface area contributed by atoms with Crippen molar-refractivity contribution in [2.24, 2.45) is 0 Å². The number of likely N-dealkylation sites (tertiary alicyclic amines) is 1. The summed E-state index contributed by atoms with van der Waals surface area (Å²) in [5, 5.41) is 9.98. The quantitative estimate of drug-likeness (QED) is 0.785. The van der Waals surface area contributed by atoms with Crippen LogP contribution in [0.2, 0.25) is 0 Å². The highest BCUT2D eigenvalue weighted by Gasteiger charge is 2.51. The van der Waals surface area contributed by atoms with Crippen molar-refractivity contribution in [3.8, 4) is 0 Å². The summed E-state index contributed by atoms with van der Waals surface area (Å²) in [6, 6.07) is 8.25. The third-order valence-corrected chi connectivity index (χ3v) is 6.22. The van der Waals surface area contributed by atoms with Crippen LogP contribution in [0, 0.1) is 0 Å². The fraction of sp³-hybridized carbons (Fsp3) is 0.565. The van der Waals surface area contributed by atoms with E-state index in [-0.39, 0.29) is 36.4 Å². The summed E-state index contributed by atoms with van der Waals surface area (Å²) in [6.07, 6.45) is 6.67. The van der Waals surface area contributed by atoms with Gasteiger partial charge in [0, 0.05) is 32.4 Å². The van der Waals surface area contributed by atoms with Crippen molar-refractivity contribution >= 4 is 17.4 Å². The van der Waals surface area contributed by atoms with Crippen LogP contribution in [0.1, 0.15) is 63.0 Å². The predicted molar refractivity (Wildman–Crippen MR) is 111 cm³/mol. The van der Waals surface area contributed by atoms with Gasteiger partial charge in [0.25, 0.3) is 0 Å². The molecule has 1 aliphatic carbocycles. The summed E-state index contributed by atoms with van der Waals surface area (Å²) in [5.74, 6) is 0.142. The molecule has 28 heavy (non-hydrogen) atoms. The smallest absolute Gasteiger partial charge is 0.222 e. The average molecular weight is 385 g/mol. The molecule has 0 bridgehead atoms. The fourth-order valence-corrected chi connectivity index (χ4v) is 4.65. The van der Waals surface area contributed by atoms with E-state index < -0.39 is 0 Å². The maximum atomic E-state index is 12.5. The number of aliphatic hydroxyl groups is 1. The van der Waals surface area contributed by atoms with Gasteiger partial charge in [0.05, 0.1) is 18.7 Å². The zero-order valence-corrected chi connectivity index (χ0v) is 17.2. The number of rotatable bonds is 7. The number of likely N-dealkylation sites (N-methyl/N-ethyl adjacent to an activating group) is 1. The van der Waals surface area contributed by atoms with Crippen LogP contribution in [0.25, 0.3) is 5.57 Å². The van der Waals surface area contributed by atoms with E-state index in [0.29, 0.717) is 19.4 Å². The van der Waals surface area contributed by atoms with E-state index in [4.69, 9.17) is 0 Å². The molecule has 0 spiro atoms. The molecule has 1 fully saturated rings. The normalized spacial score (nSPS) is 23.9. The van der Waals surface area contributed by atoms with Gasteiger partial charge in [-0.1, -0.05) is 44.2 Å². The average Bonchev–Trinajstić information content (AvgIpc) is 3.25. The van der Waals surface area contributed by atoms with Crippen LogP contribution in [0.5, 0.6) is 0 Å². The van der Waals surface area contributed by atoms with E-state index in [2.05, 4.69) is 30.3 Å². The molecule has 3 rings (SSSR count). The first-order valence-corrected chi connectivity index (χ1v) is 10.5. The minimum Gasteiger partial charge on any atom is -0.394 e. The van der Waals surface area contributed by atoms with Gasteiger partial charge in [0.2, 0.25) is 11.8 Å². The summed E-state index contributed by atoms with van der Waals surface area (Å²) in [7, 11) is 1.79. The topological polar surface area (TPSA) is 60.9 Å². The van der Waals surface area contributed by atoms with Crippen molar-refractivity contribution in [2.45, 2.75) is 64.0 Å². The Balaban J connectivity index is 1.84. The Morgan fingerprint density at radius 1 is 1.14 bits per heavy atom. The van der Waals surface area contributed by atoms with Crippen LogP contribution in [0.4, 0.5) is 0 Å². The summed E-state index contributed by atoms with van der Waals surface area (Å²) in [4.78, 5) is 28.1. The Morgan fingerprint density at radius 3 is 2.39 bits per heavy atom. The molecule has 1 aliphatic heterocycles. The molecule has 0 saturated carbocycles. The summed E-state index contributed by atoms with van der Waals surface area (Å²) in [5.41, 5.74) is 3.80. The lowest BCUT2D eigenvalue weighted by Gasteiger charge is -2.55. The van der Waals surface area contributed by atoms with Crippen molar-refractivity contribution in [1.82, 2.24) is 9.80 Å². The van der Waals surface area contributed by atoms with E-state index in [0.717, 1.165) is 18.4 Å². The minimum absolute atomic E-state index is 0.0328. The molecule has 1 N–H and O–H groups in total. The third-order valence-electron chi connectivity index (χ3n) is 6.22. The zero-order chi connectivity index (χ0) is 20.3. The Kier molecular flexibility index (Phi) is 6.55. The highest BCUT2D eigenvalue weighted by Crippen LogP contribution is 2.42. The highest BCUT2D eigenvalue weighted by atomic mass is 16.3. The predicted octanol–water partition coefficient (Wildman–Crippen LogP) is 3.19. The summed E-state index contributed by atoms with van der Waals surface area (Å²) >= 11 is 0. The van der Waals surface area contributed by atoms with E-state index in [1.165, 1.54) is 17.6 Å². The highest BCUT2D eigenvalue weighted by molar-refractivity contribution is 5.79. The molecule has 1 saturated heterocycles. The first kappa shape index (κ1) is 20.6. The molecule has 5 heteroatoms. The number of hydrogen-bond donors (Lipinski definition) is 1. The second-order valence-electron chi connectivity index (χ2n) is 7.87. The molecule has 0 aromatic heterocycles. The summed E-state index contributed by atoms with van der Waals surface area (Å²) < 4.78 is 0. The van der Waals surface area contributed by atoms with Crippen LogP contribution in [0.15, 0.2) is 30.3 Å². The van der Waals surface area contributed by atoms with Crippen molar-refractivity contribution in [3.05, 3.63) is 41.5 Å². The van der Waals surface area contributed by atoms with Crippen molar-refractivity contribution < 1.29 is 14.7 Å². The van der Waals surface area contributed by atoms with Gasteiger partial charge < -0.3 is 14.9 Å². The number of carbonyl (C=O) groups excluding carboxylic acids is 2. The Bertz CT molecular complexity index is 741. The second kappa shape index (κ2) is 8.91. The lowest BCUT2D eigenvalue weighted by Crippen LogP contribution is -2.68. The molecular weight excluding hydrogens is 352 g/mol. The Morgan fingerprint density at radius 2 is 1.86 bits per heavy atom. The number of benzene rings is 1. The van der Waals surface area contributed by atoms with Gasteiger partial charge in [-0.15, -0.1) is 0 Å². The lowest BCUT2D eigenvalue weighted by molar-refractivity contribution is -0.153. The molecule has 1 heterocycles. The largest absolute Gasteiger partial charge is 0.394 e. The fourth-order valence-electron chi connectivity index (χ4n) is 4.65. The molecular formula is C23H32N2O3. The van der Waals surface area contributed by atoms with Crippen LogP contribution >= 0.6 is 0 Å². The number of allylic oxidation sites excluding steroid dienone is 2. The molecule has 0 radical (unpaired) electrons. The Hall–Kier alpha value is -2.14. The van der Waals surface area contributed by atoms with Crippen molar-refractivity contribution in [3.63, 3.8) is 0 Å². The number of amides is 2. The van der Waals surface area contributed by atoms with Crippen LogP contribution < -0.4 is 0 Å². The standard InChI is InChI=1S/C23H32N2O3/c1-4-21(27)24(3)14-19-23(20(15-26)25(19)22(28)5-2)18-12-10-17(11-13-18)16-8-6-7-9-16/h8,10-13,19-20,23,26H,4-7,9,14-15H2,1-3H3/t19-,20+,23-/m0/s1. The van der Waals surface area contributed by atoms with Gasteiger partial charge in [-0.05, 0) is 36.0 Å². The van der Waals surface area contributed by atoms with Gasteiger partial charge >= 0.3 is 0 Å². The van der Waals surface area contributed by atoms with Crippen LogP contribution in [-0.2, 0) is 9.59 Å². The van der Waals surface area contributed by atoms with E-state index in [9.17, 15) is 14.7 Å². The molecule has 0 unspecified atom stereocenters. The van der Waals surface area contributed by atoms with Gasteiger partial charge in [-0.3, -0.25) is 9.59 Å². The lowest BCUT2D eigenvalue weighted by atomic mass is 9.74. The first-order chi connectivity index (χ1) is 13.5. The van der Waals surface area contributed by atoms with Crippen molar-refractivity contribution in [2.75, 3.05) is 20.2 Å². The molecule has 5 nitrogen and oxygen atoms in total. The van der Waals surface area contributed by atoms with E-state index in [1.54, 1.807) is 16.8 Å². The summed E-state index contributed by atoms with van der Waals surface area (Å²) in [6.45, 7) is 4.11. The van der Waals surface area contributed by atoms with Gasteiger partial charge in [0.15, 0.2) is 0 Å². The monoisotopic (exact) mass is 384 g/mol. The number of hydrogen-bond acceptors (Lipinski definition) is 3. The first-order valence-electron chi connectivity index (χ1n) is 10.5. The molecule has 1 aromatic carbocycles. The minimum atomic E-state index is -0.223. The molecule has 2 amide bonds. The van der Waals surface area contributed by atoms with Crippen molar-refractivity contribution in [1.29, 1.82) is 0 Å². The van der Waals surface area contributed by atoms with E-state index >= 15 is 0 Å². The molecule has 1 aromatic rings. The van der Waals surface area contributed by atoms with Gasteiger partial charge in [0.1, 0.15) is 0 Å². The third kappa shape index (κ3) is 3.86. The van der Waals surface area contributed by atoms with E-state index in [1.807, 2.05) is 13.8 Å². The van der Waals surface area contributed by atoms with Crippen LogP contribution in [-0.4, -0.2) is 59.0 Å². The van der Waals surface area contributed by atoms with Gasteiger partial charge in [-0.25, -0.2) is 0 Å². The molecule has 3 atom stereocenters. The molecule has 2 aliphatic rings. The Labute approximate surface area is 168 Å². The van der Waals surface area contributed by atoms with Gasteiger partial charge in [-0.2, -0.15) is 0 Å². The number of carbonyl (C=O) groups is 2. The molecule has 152 valence electrons. The number of nitrogens with zero attached hydrogens (tertiary/aromatic N) is 2. The van der Waals surface area contributed by atoms with Crippen LogP contribution in [0.3, 0.4) is 0 Å². The maximum Gasteiger partial charge on any atom is 0.222 e. The second-order valence-corrected chi connectivity index (χ2v) is 7.87. The SMILES string of the molecule is CCC(=O)N(C)C[C@H]1[C@H](c2ccc(C3=CCCC3)cc2)[C@@H](CO)N1C(=O)CC. The zero-order valence-electron chi connectivity index (χ0n) is 17.2. The maximum absolute atomic E-state index is 12.5. The number of aliphatic hydroxyl groups excluding tert-OH is 1.